The predicted octanol–water partition coefficient (Wildman–Crippen LogP) is 5.91. The van der Waals surface area contributed by atoms with Gasteiger partial charge in [-0.3, -0.25) is 4.79 Å². The minimum atomic E-state index is -0.940. The second-order valence-electron chi connectivity index (χ2n) is 13.5. The van der Waals surface area contributed by atoms with Gasteiger partial charge in [-0.25, -0.2) is 4.98 Å². The second kappa shape index (κ2) is 15.0. The zero-order chi connectivity index (χ0) is 29.4. The molecule has 3 aliphatic carbocycles. The number of nitrogens with two attached hydrogens (primary N) is 1. The maximum absolute atomic E-state index is 12.2. The topological polar surface area (TPSA) is 137 Å². The average Bonchev–Trinajstić information content (AvgIpc) is 3.26. The molecule has 0 aliphatic heterocycles. The van der Waals surface area contributed by atoms with Gasteiger partial charge >= 0.3 is 5.97 Å². The van der Waals surface area contributed by atoms with E-state index in [1.807, 2.05) is 12.1 Å². The smallest absolute Gasteiger partial charge is 0.309 e. The van der Waals surface area contributed by atoms with Gasteiger partial charge in [-0.2, -0.15) is 0 Å². The van der Waals surface area contributed by atoms with Gasteiger partial charge in [-0.05, 0) is 106 Å². The van der Waals surface area contributed by atoms with Crippen LogP contribution >= 0.6 is 0 Å². The summed E-state index contributed by atoms with van der Waals surface area (Å²) in [5, 5.41) is 43.4. The molecule has 0 saturated heterocycles. The molecule has 0 unspecified atom stereocenters. The second-order valence-corrected chi connectivity index (χ2v) is 13.5. The normalized spacial score (nSPS) is 32.9. The summed E-state index contributed by atoms with van der Waals surface area (Å²) in [7, 11) is 0. The molecule has 1 aromatic rings. The van der Waals surface area contributed by atoms with E-state index in [0.29, 0.717) is 36.9 Å². The number of rotatable bonds is 15. The van der Waals surface area contributed by atoms with Crippen LogP contribution in [0, 0.1) is 35.5 Å². The average molecular weight is 571 g/mol. The summed E-state index contributed by atoms with van der Waals surface area (Å²) >= 11 is 0. The number of unbranched alkanes of at least 4 members (excludes halogenated alkanes) is 4. The van der Waals surface area contributed by atoms with E-state index in [9.17, 15) is 25.2 Å². The molecule has 2 fully saturated rings. The van der Waals surface area contributed by atoms with Gasteiger partial charge in [-0.1, -0.05) is 57.6 Å². The number of hydrogen-bond donors (Lipinski definition) is 5. The molecule has 7 heteroatoms. The van der Waals surface area contributed by atoms with E-state index in [1.165, 1.54) is 19.3 Å². The Kier molecular flexibility index (Phi) is 11.7. The lowest BCUT2D eigenvalue weighted by Crippen LogP contribution is -2.47. The molecule has 9 atom stereocenters. The number of aliphatic hydroxyl groups is 3. The lowest BCUT2D eigenvalue weighted by atomic mass is 9.66. The molecule has 0 aromatic carbocycles. The van der Waals surface area contributed by atoms with Crippen LogP contribution in [0.15, 0.2) is 30.5 Å². The fourth-order valence-electron chi connectivity index (χ4n) is 8.27. The number of anilines is 1. The van der Waals surface area contributed by atoms with Crippen LogP contribution in [0.1, 0.15) is 109 Å². The number of fused-ring (bicyclic) bond motifs is 1. The first-order valence-corrected chi connectivity index (χ1v) is 16.4. The largest absolute Gasteiger partial charge is 0.481 e. The number of hydrogen-bond acceptors (Lipinski definition) is 6. The Bertz CT molecular complexity index is 1000. The van der Waals surface area contributed by atoms with Gasteiger partial charge in [0.2, 0.25) is 0 Å². The summed E-state index contributed by atoms with van der Waals surface area (Å²) in [6.45, 7) is 2.21. The van der Waals surface area contributed by atoms with Crippen LogP contribution in [0.2, 0.25) is 0 Å². The number of allylic oxidation sites excluding steroid dienone is 1. The fraction of sp³-hybridized carbons (Fsp3) is 0.765. The van der Waals surface area contributed by atoms with Crippen molar-refractivity contribution in [2.24, 2.45) is 35.5 Å². The zero-order valence-corrected chi connectivity index (χ0v) is 25.0. The number of carboxylic acid groups (broad SMARTS) is 1. The van der Waals surface area contributed by atoms with Gasteiger partial charge in [-0.15, -0.1) is 0 Å². The van der Waals surface area contributed by atoms with Crippen molar-refractivity contribution in [3.8, 4) is 0 Å². The SMILES string of the molecule is CCCCC[C@@H]1C=C[C@@H](CCCCC[C@H](C(=O)O)[C@H](O)[C@@H]2CC[C@H]3[C@H](Cc4ccnc(N)c4)CC[C@]3(O)C2)[C@H](O)C1. The molecule has 0 radical (unpaired) electrons. The number of nitrogens with zero attached hydrogens (tertiary/aromatic N) is 1. The number of nitrogen functional groups attached to an aromatic ring is 1. The molecule has 2 saturated carbocycles. The quantitative estimate of drug-likeness (QED) is 0.131. The number of aliphatic hydroxyl groups excluding tert-OH is 2. The summed E-state index contributed by atoms with van der Waals surface area (Å²) in [4.78, 5) is 16.3. The third-order valence-corrected chi connectivity index (χ3v) is 10.6. The van der Waals surface area contributed by atoms with Crippen molar-refractivity contribution in [1.29, 1.82) is 0 Å². The van der Waals surface area contributed by atoms with Crippen molar-refractivity contribution < 1.29 is 25.2 Å². The van der Waals surface area contributed by atoms with Crippen molar-refractivity contribution in [3.63, 3.8) is 0 Å². The maximum Gasteiger partial charge on any atom is 0.309 e. The van der Waals surface area contributed by atoms with Crippen LogP contribution in [0.25, 0.3) is 0 Å². The van der Waals surface area contributed by atoms with Crippen LogP contribution in [0.4, 0.5) is 5.82 Å². The zero-order valence-electron chi connectivity index (χ0n) is 25.0. The van der Waals surface area contributed by atoms with Crippen LogP contribution in [-0.4, -0.2) is 49.2 Å². The van der Waals surface area contributed by atoms with E-state index in [0.717, 1.165) is 69.8 Å². The molecular formula is C34H54N2O5. The van der Waals surface area contributed by atoms with E-state index in [1.54, 1.807) is 6.20 Å². The number of carbonyl (C=O) groups is 1. The maximum atomic E-state index is 12.2. The molecule has 0 amide bonds. The molecule has 41 heavy (non-hydrogen) atoms. The Morgan fingerprint density at radius 1 is 1.12 bits per heavy atom. The Labute approximate surface area is 246 Å². The predicted molar refractivity (Wildman–Crippen MR) is 162 cm³/mol. The summed E-state index contributed by atoms with van der Waals surface area (Å²) < 4.78 is 0. The summed E-state index contributed by atoms with van der Waals surface area (Å²) in [5.74, 6) is -0.210. The Morgan fingerprint density at radius 2 is 1.93 bits per heavy atom. The molecule has 7 nitrogen and oxygen atoms in total. The first-order chi connectivity index (χ1) is 19.7. The van der Waals surface area contributed by atoms with Crippen LogP contribution in [-0.2, 0) is 11.2 Å². The summed E-state index contributed by atoms with van der Waals surface area (Å²) in [5.41, 5.74) is 6.16. The highest BCUT2D eigenvalue weighted by atomic mass is 16.4. The monoisotopic (exact) mass is 570 g/mol. The molecule has 1 aromatic heterocycles. The molecule has 1 heterocycles. The van der Waals surface area contributed by atoms with Crippen molar-refractivity contribution in [3.05, 3.63) is 36.0 Å². The van der Waals surface area contributed by atoms with E-state index in [-0.39, 0.29) is 23.9 Å². The Balaban J connectivity index is 1.21. The van der Waals surface area contributed by atoms with Gasteiger partial charge in [0.05, 0.1) is 23.7 Å². The van der Waals surface area contributed by atoms with Crippen LogP contribution in [0.3, 0.4) is 0 Å². The minimum absolute atomic E-state index is 0.166. The molecule has 6 N–H and O–H groups in total. The summed E-state index contributed by atoms with van der Waals surface area (Å²) in [6, 6.07) is 3.89. The number of pyridine rings is 1. The fourth-order valence-corrected chi connectivity index (χ4v) is 8.27. The highest BCUT2D eigenvalue weighted by molar-refractivity contribution is 5.70. The van der Waals surface area contributed by atoms with Gasteiger partial charge in [0, 0.05) is 12.1 Å². The van der Waals surface area contributed by atoms with Gasteiger partial charge in [0.25, 0.3) is 0 Å². The highest BCUT2D eigenvalue weighted by Crippen LogP contribution is 2.52. The lowest BCUT2D eigenvalue weighted by molar-refractivity contribution is -0.151. The molecular weight excluding hydrogens is 516 g/mol. The molecule has 3 aliphatic rings. The number of carboxylic acids is 1. The molecule has 4 rings (SSSR count). The van der Waals surface area contributed by atoms with Gasteiger partial charge < -0.3 is 26.2 Å². The van der Waals surface area contributed by atoms with Crippen molar-refractivity contribution in [2.45, 2.75) is 127 Å². The summed E-state index contributed by atoms with van der Waals surface area (Å²) in [6.07, 6.45) is 19.2. The van der Waals surface area contributed by atoms with Crippen LogP contribution in [0.5, 0.6) is 0 Å². The van der Waals surface area contributed by atoms with E-state index < -0.39 is 23.6 Å². The van der Waals surface area contributed by atoms with Gasteiger partial charge in [0.1, 0.15) is 5.82 Å². The van der Waals surface area contributed by atoms with Crippen molar-refractivity contribution in [1.82, 2.24) is 4.98 Å². The van der Waals surface area contributed by atoms with Crippen molar-refractivity contribution >= 4 is 11.8 Å². The first-order valence-electron chi connectivity index (χ1n) is 16.4. The van der Waals surface area contributed by atoms with E-state index in [4.69, 9.17) is 5.73 Å². The third-order valence-electron chi connectivity index (χ3n) is 10.6. The van der Waals surface area contributed by atoms with Crippen molar-refractivity contribution in [2.75, 3.05) is 5.73 Å². The first kappa shape index (κ1) is 32.0. The van der Waals surface area contributed by atoms with Crippen LogP contribution < -0.4 is 5.73 Å². The third kappa shape index (κ3) is 8.55. The van der Waals surface area contributed by atoms with E-state index in [2.05, 4.69) is 24.1 Å². The highest BCUT2D eigenvalue weighted by Gasteiger charge is 2.52. The Morgan fingerprint density at radius 3 is 2.66 bits per heavy atom. The molecule has 0 bridgehead atoms. The lowest BCUT2D eigenvalue weighted by Gasteiger charge is -2.43. The van der Waals surface area contributed by atoms with E-state index >= 15 is 0 Å². The number of aromatic nitrogens is 1. The standard InChI is InChI=1S/C34H54N2O5/c1-2-3-5-8-23-11-12-25(30(37)20-23)9-6-4-7-10-28(33(39)40)32(38)27-13-14-29-26(15-17-34(29,41)22-27)19-24-16-18-36-31(35)21-24/h11-12,16,18,21,23,25-30,32,37-38,41H,2-10,13-15,17,19-20,22H2,1H3,(H2,35,36)(H,39,40)/t23-,25-,26+,27-,28+,29+,30-,32-,34+/m1/s1. The number of aliphatic carboxylic acids is 1. The molecule has 230 valence electrons. The molecule has 0 spiro atoms. The van der Waals surface area contributed by atoms with Gasteiger partial charge in [0.15, 0.2) is 0 Å². The Hall–Kier alpha value is -1.96. The minimum Gasteiger partial charge on any atom is -0.481 e.